The van der Waals surface area contributed by atoms with Gasteiger partial charge in [0.05, 0.1) is 0 Å². The number of piperazine rings is 1. The summed E-state index contributed by atoms with van der Waals surface area (Å²) < 4.78 is 0. The van der Waals surface area contributed by atoms with Gasteiger partial charge in [-0.1, -0.05) is 206 Å². The van der Waals surface area contributed by atoms with Crippen molar-refractivity contribution in [1.82, 2.24) is 20.4 Å². The first-order chi connectivity index (χ1) is 31.4. The summed E-state index contributed by atoms with van der Waals surface area (Å²) >= 11 is 0. The molecule has 360 valence electrons. The fraction of sp³-hybridized carbons (Fsp3) is 0.714. The minimum absolute atomic E-state index is 0.0952. The summed E-state index contributed by atoms with van der Waals surface area (Å²) in [4.78, 5) is 55.6. The van der Waals surface area contributed by atoms with E-state index in [1.165, 1.54) is 180 Å². The van der Waals surface area contributed by atoms with Crippen LogP contribution < -0.4 is 10.6 Å². The third-order valence-corrected chi connectivity index (χ3v) is 13.3. The average Bonchev–Trinajstić information content (AvgIpc) is 3.33. The van der Waals surface area contributed by atoms with Crippen molar-refractivity contribution in [3.8, 4) is 0 Å². The Labute approximate surface area is 391 Å². The lowest BCUT2D eigenvalue weighted by molar-refractivity contribution is 0.0535. The standard InChI is InChI=1S/C56H92N4O4/c1-3-5-7-9-11-13-15-17-19-21-23-25-27-29-31-33-43-57-53(61)49-35-39-51(40-36-49)55(63)59-45-47-60(48-46-59)56(64)52-41-37-50(38-42-52)54(62)58-44-34-32-30-28-26-24-22-20-18-16-14-12-10-8-6-4-2/h35-42H,3-34,43-48H2,1-2H3,(H,57,61)(H,58,62). The minimum Gasteiger partial charge on any atom is -0.352 e. The SMILES string of the molecule is CCCCCCCCCCCCCCCCCCNC(=O)c1ccc(C(=O)N2CCN(C(=O)c3ccc(C(=O)NCCCCCCCCCCCCCCCCCC)cc3)CC2)cc1. The number of hydrogen-bond acceptors (Lipinski definition) is 4. The first-order valence-corrected chi connectivity index (χ1v) is 26.8. The second kappa shape index (κ2) is 36.5. The van der Waals surface area contributed by atoms with E-state index >= 15 is 0 Å². The number of nitrogens with one attached hydrogen (secondary N) is 2. The van der Waals surface area contributed by atoms with Crippen molar-refractivity contribution in [2.45, 2.75) is 219 Å². The van der Waals surface area contributed by atoms with Gasteiger partial charge in [-0.25, -0.2) is 0 Å². The zero-order valence-corrected chi connectivity index (χ0v) is 41.0. The fourth-order valence-corrected chi connectivity index (χ4v) is 8.96. The van der Waals surface area contributed by atoms with Crippen molar-refractivity contribution in [2.24, 2.45) is 0 Å². The number of benzene rings is 2. The molecule has 1 aliphatic rings. The number of hydrogen-bond donors (Lipinski definition) is 2. The molecule has 4 amide bonds. The van der Waals surface area contributed by atoms with Crippen LogP contribution >= 0.6 is 0 Å². The van der Waals surface area contributed by atoms with Crippen LogP contribution in [-0.4, -0.2) is 72.7 Å². The smallest absolute Gasteiger partial charge is 0.253 e. The molecule has 0 atom stereocenters. The molecule has 64 heavy (non-hydrogen) atoms. The van der Waals surface area contributed by atoms with Crippen LogP contribution in [0.15, 0.2) is 48.5 Å². The zero-order valence-electron chi connectivity index (χ0n) is 41.0. The first kappa shape index (κ1) is 54.7. The Balaban J connectivity index is 1.18. The lowest BCUT2D eigenvalue weighted by Crippen LogP contribution is -2.50. The molecule has 0 aliphatic carbocycles. The molecule has 3 rings (SSSR count). The number of unbranched alkanes of at least 4 members (excludes halogenated alkanes) is 30. The highest BCUT2D eigenvalue weighted by Gasteiger charge is 2.26. The number of amides is 4. The number of nitrogens with zero attached hydrogens (tertiary/aromatic N) is 2. The van der Waals surface area contributed by atoms with Crippen molar-refractivity contribution >= 4 is 23.6 Å². The van der Waals surface area contributed by atoms with Gasteiger partial charge in [0.2, 0.25) is 0 Å². The highest BCUT2D eigenvalue weighted by atomic mass is 16.2. The van der Waals surface area contributed by atoms with Crippen molar-refractivity contribution in [1.29, 1.82) is 0 Å². The van der Waals surface area contributed by atoms with Gasteiger partial charge < -0.3 is 20.4 Å². The highest BCUT2D eigenvalue weighted by Crippen LogP contribution is 2.17. The summed E-state index contributed by atoms with van der Waals surface area (Å²) in [6.45, 7) is 7.63. The zero-order chi connectivity index (χ0) is 45.7. The first-order valence-electron chi connectivity index (χ1n) is 26.8. The van der Waals surface area contributed by atoms with Crippen LogP contribution in [0.5, 0.6) is 0 Å². The predicted octanol–water partition coefficient (Wildman–Crippen LogP) is 14.3. The van der Waals surface area contributed by atoms with E-state index in [2.05, 4.69) is 24.5 Å². The number of carbonyl (C=O) groups excluding carboxylic acids is 4. The van der Waals surface area contributed by atoms with Gasteiger partial charge in [0.25, 0.3) is 23.6 Å². The lowest BCUT2D eigenvalue weighted by atomic mass is 10.0. The van der Waals surface area contributed by atoms with Gasteiger partial charge in [-0.05, 0) is 61.4 Å². The molecule has 1 heterocycles. The molecular weight excluding hydrogens is 793 g/mol. The molecule has 0 unspecified atom stereocenters. The monoisotopic (exact) mass is 885 g/mol. The quantitative estimate of drug-likeness (QED) is 0.0656. The molecule has 8 nitrogen and oxygen atoms in total. The third kappa shape index (κ3) is 24.6. The molecule has 2 aromatic rings. The second-order valence-electron chi connectivity index (χ2n) is 18.9. The van der Waals surface area contributed by atoms with E-state index in [9.17, 15) is 19.2 Å². The van der Waals surface area contributed by atoms with E-state index in [4.69, 9.17) is 0 Å². The van der Waals surface area contributed by atoms with E-state index in [1.807, 2.05) is 0 Å². The number of carbonyl (C=O) groups is 4. The van der Waals surface area contributed by atoms with Crippen molar-refractivity contribution in [3.05, 3.63) is 70.8 Å². The van der Waals surface area contributed by atoms with Gasteiger partial charge in [0.1, 0.15) is 0 Å². The van der Waals surface area contributed by atoms with Gasteiger partial charge in [-0.3, -0.25) is 19.2 Å². The Hall–Kier alpha value is -3.68. The molecule has 0 aromatic heterocycles. The Bertz CT molecular complexity index is 1390. The Morgan fingerprint density at radius 1 is 0.328 bits per heavy atom. The molecule has 0 spiro atoms. The van der Waals surface area contributed by atoms with Crippen LogP contribution in [0.3, 0.4) is 0 Å². The summed E-state index contributed by atoms with van der Waals surface area (Å²) in [6.07, 6.45) is 42.4. The molecule has 0 saturated carbocycles. The van der Waals surface area contributed by atoms with Crippen molar-refractivity contribution in [2.75, 3.05) is 39.3 Å². The van der Waals surface area contributed by atoms with Gasteiger partial charge in [-0.15, -0.1) is 0 Å². The van der Waals surface area contributed by atoms with Crippen molar-refractivity contribution in [3.63, 3.8) is 0 Å². The van der Waals surface area contributed by atoms with E-state index in [1.54, 1.807) is 58.3 Å². The highest BCUT2D eigenvalue weighted by molar-refractivity contribution is 5.99. The molecule has 0 radical (unpaired) electrons. The van der Waals surface area contributed by atoms with Crippen LogP contribution in [0.1, 0.15) is 261 Å². The molecule has 8 heteroatoms. The normalized spacial score (nSPS) is 12.7. The van der Waals surface area contributed by atoms with Gasteiger partial charge in [0.15, 0.2) is 0 Å². The summed E-state index contributed by atoms with van der Waals surface area (Å²) in [5.74, 6) is -0.401. The summed E-state index contributed by atoms with van der Waals surface area (Å²) in [5, 5.41) is 6.07. The molecule has 1 saturated heterocycles. The molecule has 2 aromatic carbocycles. The summed E-state index contributed by atoms with van der Waals surface area (Å²) in [6, 6.07) is 13.8. The van der Waals surface area contributed by atoms with Crippen LogP contribution in [0.25, 0.3) is 0 Å². The van der Waals surface area contributed by atoms with Gasteiger partial charge in [-0.2, -0.15) is 0 Å². The topological polar surface area (TPSA) is 98.8 Å². The van der Waals surface area contributed by atoms with E-state index in [0.717, 1.165) is 25.7 Å². The maximum absolute atomic E-state index is 13.3. The van der Waals surface area contributed by atoms with Crippen molar-refractivity contribution < 1.29 is 19.2 Å². The summed E-state index contributed by atoms with van der Waals surface area (Å²) in [5.41, 5.74) is 2.19. The second-order valence-corrected chi connectivity index (χ2v) is 18.9. The van der Waals surface area contributed by atoms with E-state index in [0.29, 0.717) is 61.5 Å². The Kier molecular flexibility index (Phi) is 31.2. The molecule has 1 aliphatic heterocycles. The largest absolute Gasteiger partial charge is 0.352 e. The Morgan fingerprint density at radius 2 is 0.531 bits per heavy atom. The van der Waals surface area contributed by atoms with Crippen LogP contribution in [0.2, 0.25) is 0 Å². The van der Waals surface area contributed by atoms with Crippen LogP contribution in [0.4, 0.5) is 0 Å². The maximum atomic E-state index is 13.3. The molecule has 0 bridgehead atoms. The fourth-order valence-electron chi connectivity index (χ4n) is 8.96. The predicted molar refractivity (Wildman–Crippen MR) is 268 cm³/mol. The van der Waals surface area contributed by atoms with Crippen LogP contribution in [0, 0.1) is 0 Å². The van der Waals surface area contributed by atoms with Gasteiger partial charge >= 0.3 is 0 Å². The van der Waals surface area contributed by atoms with Gasteiger partial charge in [0, 0.05) is 61.5 Å². The maximum Gasteiger partial charge on any atom is 0.253 e. The van der Waals surface area contributed by atoms with E-state index < -0.39 is 0 Å². The molecule has 2 N–H and O–H groups in total. The van der Waals surface area contributed by atoms with E-state index in [-0.39, 0.29) is 23.6 Å². The molecular formula is C56H92N4O4. The average molecular weight is 885 g/mol. The van der Waals surface area contributed by atoms with Crippen LogP contribution in [-0.2, 0) is 0 Å². The summed E-state index contributed by atoms with van der Waals surface area (Å²) in [7, 11) is 0. The third-order valence-electron chi connectivity index (χ3n) is 13.3. The number of rotatable bonds is 38. The minimum atomic E-state index is -0.105. The molecule has 1 fully saturated rings. The lowest BCUT2D eigenvalue weighted by Gasteiger charge is -2.35. The Morgan fingerprint density at radius 3 is 0.766 bits per heavy atom.